The van der Waals surface area contributed by atoms with Gasteiger partial charge < -0.3 is 28.6 Å². The Morgan fingerprint density at radius 2 is 1.91 bits per heavy atom. The van der Waals surface area contributed by atoms with E-state index >= 15 is 4.39 Å². The van der Waals surface area contributed by atoms with Crippen molar-refractivity contribution in [1.82, 2.24) is 14.0 Å². The van der Waals surface area contributed by atoms with Crippen LogP contribution in [0.15, 0.2) is 21.9 Å². The molecule has 2 aliphatic heterocycles. The number of hydrogen-bond acceptors (Lipinski definition) is 11. The molecule has 194 valence electrons. The molecular formula is C21H28FN3O10. The van der Waals surface area contributed by atoms with E-state index in [1.807, 2.05) is 19.0 Å². The summed E-state index contributed by atoms with van der Waals surface area (Å²) in [4.78, 5) is 62.6. The number of ether oxygens (including phenoxy) is 5. The highest BCUT2D eigenvalue weighted by Gasteiger charge is 2.65. The van der Waals surface area contributed by atoms with Crippen LogP contribution >= 0.6 is 0 Å². The van der Waals surface area contributed by atoms with Gasteiger partial charge in [0.2, 0.25) is 6.10 Å². The number of aromatic nitrogens is 2. The summed E-state index contributed by atoms with van der Waals surface area (Å²) >= 11 is 0. The highest BCUT2D eigenvalue weighted by Crippen LogP contribution is 2.44. The first-order chi connectivity index (χ1) is 16.4. The standard InChI is InChI=1S/C21H28FN3O10/c1-12(2)18(28)31-10-21(22)16-15(33-20(30)34-16)17(35-21)24-9-7-13(26)25(19(24)29)11-32-14(27)6-5-8-23(3)4/h7,9,12,15-17H,5-6,8,10-11H2,1-4H3/t15-,16+,17-,21-/m1/s1. The van der Waals surface area contributed by atoms with Gasteiger partial charge in [0, 0.05) is 18.7 Å². The summed E-state index contributed by atoms with van der Waals surface area (Å²) in [6, 6.07) is 0.980. The zero-order chi connectivity index (χ0) is 25.9. The predicted molar refractivity (Wildman–Crippen MR) is 114 cm³/mol. The SMILES string of the molecule is CC(C)C(=O)OC[C@@]1(F)O[C@@H](n2ccc(=O)n(COC(=O)CCCN(C)C)c2=O)[C@@H]2OC(=O)O[C@@H]21. The lowest BCUT2D eigenvalue weighted by molar-refractivity contribution is -0.220. The van der Waals surface area contributed by atoms with Crippen molar-refractivity contribution in [1.29, 1.82) is 0 Å². The van der Waals surface area contributed by atoms with Crippen LogP contribution in [0.3, 0.4) is 0 Å². The molecule has 14 heteroatoms. The van der Waals surface area contributed by atoms with Crippen LogP contribution in [0.1, 0.15) is 32.9 Å². The lowest BCUT2D eigenvalue weighted by Gasteiger charge is -2.24. The molecule has 1 aromatic heterocycles. The van der Waals surface area contributed by atoms with E-state index in [0.717, 1.165) is 16.8 Å². The fourth-order valence-electron chi connectivity index (χ4n) is 3.51. The minimum atomic E-state index is -2.81. The number of carbonyl (C=O) groups excluding carboxylic acids is 3. The maximum Gasteiger partial charge on any atom is 0.509 e. The molecule has 2 saturated heterocycles. The van der Waals surface area contributed by atoms with Crippen molar-refractivity contribution >= 4 is 18.1 Å². The molecule has 3 heterocycles. The van der Waals surface area contributed by atoms with Crippen LogP contribution in [-0.4, -0.2) is 77.4 Å². The molecule has 0 aromatic carbocycles. The lowest BCUT2D eigenvalue weighted by atomic mass is 10.1. The third kappa shape index (κ3) is 5.88. The Kier molecular flexibility index (Phi) is 7.95. The summed E-state index contributed by atoms with van der Waals surface area (Å²) in [6.07, 6.45) is -4.17. The summed E-state index contributed by atoms with van der Waals surface area (Å²) in [5, 5.41) is 0. The monoisotopic (exact) mass is 501 g/mol. The Morgan fingerprint density at radius 3 is 2.57 bits per heavy atom. The minimum absolute atomic E-state index is 0.0796. The number of rotatable bonds is 10. The largest absolute Gasteiger partial charge is 0.509 e. The van der Waals surface area contributed by atoms with E-state index in [1.54, 1.807) is 13.8 Å². The first-order valence-corrected chi connectivity index (χ1v) is 11.0. The summed E-state index contributed by atoms with van der Waals surface area (Å²) in [5.74, 6) is -4.69. The Balaban J connectivity index is 1.79. The highest BCUT2D eigenvalue weighted by atomic mass is 19.2. The number of esters is 2. The second-order valence-electron chi connectivity index (χ2n) is 8.75. The number of carbonyl (C=O) groups is 3. The van der Waals surface area contributed by atoms with Gasteiger partial charge in [-0.25, -0.2) is 18.5 Å². The molecule has 0 saturated carbocycles. The predicted octanol–water partition coefficient (Wildman–Crippen LogP) is 0.150. The fraction of sp³-hybridized carbons (Fsp3) is 0.667. The van der Waals surface area contributed by atoms with E-state index in [-0.39, 0.29) is 6.42 Å². The molecule has 0 N–H and O–H groups in total. The Morgan fingerprint density at radius 1 is 1.20 bits per heavy atom. The molecule has 0 unspecified atom stereocenters. The van der Waals surface area contributed by atoms with Gasteiger partial charge >= 0.3 is 23.8 Å². The first kappa shape index (κ1) is 26.3. The molecule has 13 nitrogen and oxygen atoms in total. The number of alkyl halides is 1. The van der Waals surface area contributed by atoms with Crippen LogP contribution < -0.4 is 11.2 Å². The normalized spacial score (nSPS) is 25.3. The van der Waals surface area contributed by atoms with E-state index in [2.05, 4.69) is 0 Å². The van der Waals surface area contributed by atoms with E-state index in [9.17, 15) is 24.0 Å². The van der Waals surface area contributed by atoms with Crippen LogP contribution in [0.25, 0.3) is 0 Å². The number of hydrogen-bond donors (Lipinski definition) is 0. The second kappa shape index (κ2) is 10.6. The number of halogens is 1. The van der Waals surface area contributed by atoms with Crippen molar-refractivity contribution < 1.29 is 42.5 Å². The Labute approximate surface area is 199 Å². The smallest absolute Gasteiger partial charge is 0.459 e. The van der Waals surface area contributed by atoms with Crippen LogP contribution in [-0.2, 0) is 40.0 Å². The molecule has 0 amide bonds. The molecule has 0 spiro atoms. The molecule has 2 fully saturated rings. The van der Waals surface area contributed by atoms with E-state index in [0.29, 0.717) is 17.5 Å². The summed E-state index contributed by atoms with van der Waals surface area (Å²) in [7, 11) is 3.69. The molecular weight excluding hydrogens is 473 g/mol. The third-order valence-corrected chi connectivity index (χ3v) is 5.37. The van der Waals surface area contributed by atoms with E-state index in [1.165, 1.54) is 0 Å². The van der Waals surface area contributed by atoms with Crippen molar-refractivity contribution in [3.63, 3.8) is 0 Å². The van der Waals surface area contributed by atoms with Gasteiger partial charge in [-0.3, -0.25) is 19.0 Å². The summed E-state index contributed by atoms with van der Waals surface area (Å²) in [6.45, 7) is 2.14. The van der Waals surface area contributed by atoms with Gasteiger partial charge in [-0.05, 0) is 27.1 Å². The quantitative estimate of drug-likeness (QED) is 0.319. The topological polar surface area (TPSA) is 145 Å². The molecule has 4 atom stereocenters. The molecule has 0 radical (unpaired) electrons. The second-order valence-corrected chi connectivity index (χ2v) is 8.75. The maximum absolute atomic E-state index is 15.6. The van der Waals surface area contributed by atoms with Crippen molar-refractivity contribution in [2.24, 2.45) is 5.92 Å². The van der Waals surface area contributed by atoms with Gasteiger partial charge in [0.05, 0.1) is 5.92 Å². The van der Waals surface area contributed by atoms with E-state index < -0.39 is 72.9 Å². The summed E-state index contributed by atoms with van der Waals surface area (Å²) < 4.78 is 42.2. The zero-order valence-electron chi connectivity index (χ0n) is 19.8. The van der Waals surface area contributed by atoms with Gasteiger partial charge in [0.1, 0.15) is 0 Å². The molecule has 2 aliphatic rings. The number of nitrogens with zero attached hydrogens (tertiary/aromatic N) is 3. The van der Waals surface area contributed by atoms with Gasteiger partial charge in [-0.15, -0.1) is 0 Å². The molecule has 0 bridgehead atoms. The maximum atomic E-state index is 15.6. The molecule has 0 aliphatic carbocycles. The van der Waals surface area contributed by atoms with Crippen molar-refractivity contribution in [2.75, 3.05) is 27.2 Å². The molecule has 35 heavy (non-hydrogen) atoms. The average molecular weight is 501 g/mol. The van der Waals surface area contributed by atoms with Crippen LogP contribution in [0.4, 0.5) is 9.18 Å². The van der Waals surface area contributed by atoms with E-state index in [4.69, 9.17) is 23.7 Å². The first-order valence-electron chi connectivity index (χ1n) is 11.0. The molecule has 1 aromatic rings. The van der Waals surface area contributed by atoms with Crippen molar-refractivity contribution in [3.05, 3.63) is 33.1 Å². The van der Waals surface area contributed by atoms with Gasteiger partial charge in [-0.2, -0.15) is 0 Å². The van der Waals surface area contributed by atoms with Gasteiger partial charge in [-0.1, -0.05) is 13.8 Å². The van der Waals surface area contributed by atoms with Crippen molar-refractivity contribution in [2.45, 2.75) is 57.7 Å². The highest BCUT2D eigenvalue weighted by molar-refractivity contribution is 5.71. The number of fused-ring (bicyclic) bond motifs is 1. The van der Waals surface area contributed by atoms with Gasteiger partial charge in [0.15, 0.2) is 25.7 Å². The minimum Gasteiger partial charge on any atom is -0.459 e. The fourth-order valence-corrected chi connectivity index (χ4v) is 3.51. The lowest BCUT2D eigenvalue weighted by Crippen LogP contribution is -2.43. The Bertz CT molecular complexity index is 1080. The Hall–Kier alpha value is -3.26. The summed E-state index contributed by atoms with van der Waals surface area (Å²) in [5.41, 5.74) is -1.78. The zero-order valence-corrected chi connectivity index (χ0v) is 19.8. The molecule has 3 rings (SSSR count). The van der Waals surface area contributed by atoms with Crippen LogP contribution in [0.2, 0.25) is 0 Å². The third-order valence-electron chi connectivity index (χ3n) is 5.37. The van der Waals surface area contributed by atoms with Crippen molar-refractivity contribution in [3.8, 4) is 0 Å². The van der Waals surface area contributed by atoms with Crippen LogP contribution in [0, 0.1) is 5.92 Å². The van der Waals surface area contributed by atoms with Gasteiger partial charge in [0.25, 0.3) is 11.4 Å². The average Bonchev–Trinajstić information content (AvgIpc) is 3.28. The van der Waals surface area contributed by atoms with Crippen LogP contribution in [0.5, 0.6) is 0 Å².